The van der Waals surface area contributed by atoms with Crippen molar-refractivity contribution in [3.05, 3.63) is 54.1 Å². The lowest BCUT2D eigenvalue weighted by atomic mass is 9.99. The second-order valence-electron chi connectivity index (χ2n) is 7.38. The van der Waals surface area contributed by atoms with E-state index >= 15 is 0 Å². The van der Waals surface area contributed by atoms with E-state index < -0.39 is 5.97 Å². The highest BCUT2D eigenvalue weighted by Gasteiger charge is 2.17. The van der Waals surface area contributed by atoms with E-state index in [0.29, 0.717) is 17.9 Å². The minimum Gasteiger partial charge on any atom is -0.493 e. The Kier molecular flexibility index (Phi) is 10.2. The SMILES string of the molecule is CCCCCCCCCCCCOc1cccc(-c2ccccc2)c1C(=O)O. The number of carbonyl (C=O) groups is 1. The molecule has 0 saturated carbocycles. The summed E-state index contributed by atoms with van der Waals surface area (Å²) in [5.74, 6) is -0.484. The van der Waals surface area contributed by atoms with Gasteiger partial charge in [-0.2, -0.15) is 0 Å². The molecule has 152 valence electrons. The summed E-state index contributed by atoms with van der Waals surface area (Å²) in [6.45, 7) is 2.81. The van der Waals surface area contributed by atoms with Gasteiger partial charge in [-0.1, -0.05) is 107 Å². The molecule has 0 aromatic heterocycles. The molecule has 2 aromatic rings. The van der Waals surface area contributed by atoms with Gasteiger partial charge < -0.3 is 9.84 Å². The van der Waals surface area contributed by atoms with Crippen LogP contribution < -0.4 is 4.74 Å². The molecule has 2 rings (SSSR count). The summed E-state index contributed by atoms with van der Waals surface area (Å²) >= 11 is 0. The van der Waals surface area contributed by atoms with Gasteiger partial charge in [-0.3, -0.25) is 0 Å². The summed E-state index contributed by atoms with van der Waals surface area (Å²) < 4.78 is 5.85. The Hall–Kier alpha value is -2.29. The molecule has 0 bridgehead atoms. The summed E-state index contributed by atoms with van der Waals surface area (Å²) in [4.78, 5) is 11.8. The van der Waals surface area contributed by atoms with Gasteiger partial charge in [0.1, 0.15) is 11.3 Å². The number of unbranched alkanes of at least 4 members (excludes halogenated alkanes) is 9. The quantitative estimate of drug-likeness (QED) is 0.347. The topological polar surface area (TPSA) is 46.5 Å². The van der Waals surface area contributed by atoms with Gasteiger partial charge >= 0.3 is 5.97 Å². The van der Waals surface area contributed by atoms with Crippen LogP contribution in [0.1, 0.15) is 81.5 Å². The Morgan fingerprint density at radius 3 is 2.00 bits per heavy atom. The van der Waals surface area contributed by atoms with E-state index in [1.807, 2.05) is 42.5 Å². The van der Waals surface area contributed by atoms with Gasteiger partial charge in [-0.05, 0) is 23.6 Å². The highest BCUT2D eigenvalue weighted by molar-refractivity contribution is 5.99. The Morgan fingerprint density at radius 1 is 0.786 bits per heavy atom. The Labute approximate surface area is 169 Å². The van der Waals surface area contributed by atoms with E-state index in [2.05, 4.69) is 6.92 Å². The molecule has 1 N–H and O–H groups in total. The molecule has 0 amide bonds. The third kappa shape index (κ3) is 7.38. The van der Waals surface area contributed by atoms with Gasteiger partial charge in [0.05, 0.1) is 6.61 Å². The molecule has 0 radical (unpaired) electrons. The lowest BCUT2D eigenvalue weighted by Gasteiger charge is -2.13. The first-order valence-corrected chi connectivity index (χ1v) is 10.8. The highest BCUT2D eigenvalue weighted by atomic mass is 16.5. The number of rotatable bonds is 14. The molecule has 0 aliphatic rings. The van der Waals surface area contributed by atoms with Crippen LogP contribution in [0.25, 0.3) is 11.1 Å². The maximum atomic E-state index is 11.8. The number of carboxylic acids is 1. The fourth-order valence-electron chi connectivity index (χ4n) is 3.50. The monoisotopic (exact) mass is 382 g/mol. The number of ether oxygens (including phenoxy) is 1. The summed E-state index contributed by atoms with van der Waals surface area (Å²) in [6, 6.07) is 15.1. The molecular formula is C25H34O3. The summed E-state index contributed by atoms with van der Waals surface area (Å²) in [6.07, 6.45) is 12.7. The first kappa shape index (κ1) is 22.0. The van der Waals surface area contributed by atoms with E-state index in [-0.39, 0.29) is 5.56 Å². The summed E-state index contributed by atoms with van der Waals surface area (Å²) in [7, 11) is 0. The average Bonchev–Trinajstić information content (AvgIpc) is 2.72. The van der Waals surface area contributed by atoms with Crippen molar-refractivity contribution in [1.82, 2.24) is 0 Å². The Bertz CT molecular complexity index is 694. The van der Waals surface area contributed by atoms with E-state index in [1.165, 1.54) is 51.4 Å². The normalized spacial score (nSPS) is 10.8. The third-order valence-electron chi connectivity index (χ3n) is 5.08. The molecule has 3 heteroatoms. The molecule has 0 heterocycles. The zero-order chi connectivity index (χ0) is 20.0. The van der Waals surface area contributed by atoms with E-state index in [0.717, 1.165) is 18.4 Å². The zero-order valence-electron chi connectivity index (χ0n) is 17.2. The second-order valence-corrected chi connectivity index (χ2v) is 7.38. The van der Waals surface area contributed by atoms with Gasteiger partial charge in [-0.15, -0.1) is 0 Å². The lowest BCUT2D eigenvalue weighted by molar-refractivity contribution is 0.0693. The minimum atomic E-state index is -0.947. The van der Waals surface area contributed by atoms with Crippen LogP contribution in [-0.2, 0) is 0 Å². The summed E-state index contributed by atoms with van der Waals surface area (Å²) in [5.41, 5.74) is 1.85. The number of carboxylic acid groups (broad SMARTS) is 1. The molecule has 0 aliphatic carbocycles. The van der Waals surface area contributed by atoms with Gasteiger partial charge in [-0.25, -0.2) is 4.79 Å². The minimum absolute atomic E-state index is 0.251. The van der Waals surface area contributed by atoms with E-state index in [4.69, 9.17) is 4.74 Å². The first-order valence-electron chi connectivity index (χ1n) is 10.8. The number of hydrogen-bond acceptors (Lipinski definition) is 2. The van der Waals surface area contributed by atoms with Gasteiger partial charge in [0.25, 0.3) is 0 Å². The van der Waals surface area contributed by atoms with E-state index in [9.17, 15) is 9.90 Å². The molecule has 0 unspecified atom stereocenters. The zero-order valence-corrected chi connectivity index (χ0v) is 17.2. The third-order valence-corrected chi connectivity index (χ3v) is 5.08. The fraction of sp³-hybridized carbons (Fsp3) is 0.480. The fourth-order valence-corrected chi connectivity index (χ4v) is 3.50. The Morgan fingerprint density at radius 2 is 1.39 bits per heavy atom. The van der Waals surface area contributed by atoms with Crippen LogP contribution in [0.3, 0.4) is 0 Å². The molecule has 0 atom stereocenters. The van der Waals surface area contributed by atoms with Crippen LogP contribution in [0.15, 0.2) is 48.5 Å². The maximum Gasteiger partial charge on any atom is 0.340 e. The van der Waals surface area contributed by atoms with Crippen molar-refractivity contribution in [3.63, 3.8) is 0 Å². The van der Waals surface area contributed by atoms with Crippen LogP contribution >= 0.6 is 0 Å². The van der Waals surface area contributed by atoms with Gasteiger partial charge in [0.2, 0.25) is 0 Å². The molecule has 0 spiro atoms. The van der Waals surface area contributed by atoms with Gasteiger partial charge in [0, 0.05) is 0 Å². The van der Waals surface area contributed by atoms with Crippen molar-refractivity contribution >= 4 is 5.97 Å². The molecular weight excluding hydrogens is 348 g/mol. The van der Waals surface area contributed by atoms with Crippen LogP contribution in [0.2, 0.25) is 0 Å². The number of hydrogen-bond donors (Lipinski definition) is 1. The van der Waals surface area contributed by atoms with Crippen LogP contribution in [0, 0.1) is 0 Å². The summed E-state index contributed by atoms with van der Waals surface area (Å²) in [5, 5.41) is 9.70. The predicted molar refractivity (Wildman–Crippen MR) is 116 cm³/mol. The molecule has 0 saturated heterocycles. The van der Waals surface area contributed by atoms with Crippen molar-refractivity contribution in [2.45, 2.75) is 71.1 Å². The molecule has 0 aliphatic heterocycles. The average molecular weight is 383 g/mol. The van der Waals surface area contributed by atoms with Crippen LogP contribution in [0.4, 0.5) is 0 Å². The number of benzene rings is 2. The largest absolute Gasteiger partial charge is 0.493 e. The van der Waals surface area contributed by atoms with E-state index in [1.54, 1.807) is 6.07 Å². The van der Waals surface area contributed by atoms with Crippen molar-refractivity contribution < 1.29 is 14.6 Å². The smallest absolute Gasteiger partial charge is 0.340 e. The van der Waals surface area contributed by atoms with Crippen LogP contribution in [0.5, 0.6) is 5.75 Å². The maximum absolute atomic E-state index is 11.8. The first-order chi connectivity index (χ1) is 13.7. The molecule has 0 fully saturated rings. The lowest BCUT2D eigenvalue weighted by Crippen LogP contribution is -2.06. The van der Waals surface area contributed by atoms with Crippen LogP contribution in [-0.4, -0.2) is 17.7 Å². The van der Waals surface area contributed by atoms with Crippen molar-refractivity contribution in [3.8, 4) is 16.9 Å². The highest BCUT2D eigenvalue weighted by Crippen LogP contribution is 2.31. The predicted octanol–water partition coefficient (Wildman–Crippen LogP) is 7.35. The Balaban J connectivity index is 1.76. The number of aromatic carboxylic acids is 1. The standard InChI is InChI=1S/C25H34O3/c1-2-3-4-5-6-7-8-9-10-14-20-28-23-19-15-18-22(24(23)25(26)27)21-16-12-11-13-17-21/h11-13,15-19H,2-10,14,20H2,1H3,(H,26,27). The molecule has 2 aromatic carbocycles. The molecule has 28 heavy (non-hydrogen) atoms. The second kappa shape index (κ2) is 13.0. The van der Waals surface area contributed by atoms with Crippen molar-refractivity contribution in [1.29, 1.82) is 0 Å². The molecule has 3 nitrogen and oxygen atoms in total. The van der Waals surface area contributed by atoms with Crippen molar-refractivity contribution in [2.24, 2.45) is 0 Å². The van der Waals surface area contributed by atoms with Gasteiger partial charge in [0.15, 0.2) is 0 Å². The van der Waals surface area contributed by atoms with Crippen molar-refractivity contribution in [2.75, 3.05) is 6.61 Å².